The third-order valence-electron chi connectivity index (χ3n) is 4.74. The third-order valence-corrected chi connectivity index (χ3v) is 9.15. The molecule has 1 radical (unpaired) electrons. The molecule has 0 aliphatic rings. The first-order valence-electron chi connectivity index (χ1n) is 10.2. The lowest BCUT2D eigenvalue weighted by atomic mass is 10.1. The minimum absolute atomic E-state index is 0.00730. The summed E-state index contributed by atoms with van der Waals surface area (Å²) in [6.45, 7) is 1.37. The number of fused-ring (bicyclic) bond motifs is 1. The molecule has 0 saturated heterocycles. The molecule has 0 spiro atoms. The number of hydrogen-bond acceptors (Lipinski definition) is 6. The van der Waals surface area contributed by atoms with E-state index in [4.69, 9.17) is 4.74 Å². The molecule has 4 rings (SSSR count). The Morgan fingerprint density at radius 2 is 2.21 bits per heavy atom. The van der Waals surface area contributed by atoms with Crippen LogP contribution in [0.2, 0.25) is 12.6 Å². The number of nitrogens with one attached hydrogen (secondary N) is 2. The van der Waals surface area contributed by atoms with Gasteiger partial charge in [0.25, 0.3) is 5.91 Å². The number of aromatic amines is 1. The highest BCUT2D eigenvalue weighted by Gasteiger charge is 2.21. The minimum atomic E-state index is -2.99. The van der Waals surface area contributed by atoms with E-state index in [1.54, 1.807) is 41.8 Å². The van der Waals surface area contributed by atoms with E-state index in [2.05, 4.69) is 39.1 Å². The van der Waals surface area contributed by atoms with Crippen molar-refractivity contribution in [1.29, 1.82) is 0 Å². The van der Waals surface area contributed by atoms with Gasteiger partial charge < -0.3 is 10.1 Å². The minimum Gasteiger partial charge on any atom is -0.434 e. The SMILES string of the molecule is CCC[Si](C)Sc1ccc(OC(F)F)c(-c2[nH]ncc2NC(=O)c2cnn3cccnc23)c1. The molecule has 3 heterocycles. The Bertz CT molecular complexity index is 1260. The molecule has 1 amide bonds. The van der Waals surface area contributed by atoms with E-state index in [9.17, 15) is 13.6 Å². The topological polar surface area (TPSA) is 97.2 Å². The number of H-pyrrole nitrogens is 1. The van der Waals surface area contributed by atoms with Crippen LogP contribution in [0, 0.1) is 0 Å². The summed E-state index contributed by atoms with van der Waals surface area (Å²) in [5.41, 5.74) is 1.75. The summed E-state index contributed by atoms with van der Waals surface area (Å²) in [5.74, 6) is -0.456. The van der Waals surface area contributed by atoms with Crippen molar-refractivity contribution in [2.24, 2.45) is 0 Å². The molecule has 0 bridgehead atoms. The summed E-state index contributed by atoms with van der Waals surface area (Å²) in [7, 11) is -0.676. The maximum Gasteiger partial charge on any atom is 0.387 e. The Morgan fingerprint density at radius 1 is 1.36 bits per heavy atom. The standard InChI is InChI=1S/C21H21F2N6O2SSi/c1-3-9-33(2)32-13-5-6-17(31-21(22)23)14(10-13)18-16(12-25-28-18)27-20(30)15-11-26-29-8-4-7-24-19(15)29/h4-8,10-12,21H,3,9H2,1-2H3,(H,25,28)(H,27,30). The first-order chi connectivity index (χ1) is 16.0. The number of ether oxygens (including phenoxy) is 1. The molecule has 0 saturated carbocycles. The number of halogens is 2. The molecule has 3 aromatic heterocycles. The van der Waals surface area contributed by atoms with Crippen LogP contribution in [-0.2, 0) is 0 Å². The highest BCUT2D eigenvalue weighted by atomic mass is 32.4. The van der Waals surface area contributed by atoms with E-state index in [1.165, 1.54) is 23.0 Å². The zero-order chi connectivity index (χ0) is 23.4. The van der Waals surface area contributed by atoms with E-state index in [0.717, 1.165) is 17.4 Å². The number of aromatic nitrogens is 5. The summed E-state index contributed by atoms with van der Waals surface area (Å²) in [6, 6.07) is 7.90. The fourth-order valence-corrected chi connectivity index (χ4v) is 7.36. The Kier molecular flexibility index (Phi) is 7.04. The maximum atomic E-state index is 13.1. The van der Waals surface area contributed by atoms with Crippen molar-refractivity contribution >= 4 is 36.4 Å². The Hall–Kier alpha value is -3.25. The molecular formula is C21H21F2N6O2SSi. The second-order valence-corrected chi connectivity index (χ2v) is 12.4. The van der Waals surface area contributed by atoms with Crippen LogP contribution in [0.25, 0.3) is 16.9 Å². The molecule has 0 unspecified atom stereocenters. The molecule has 171 valence electrons. The van der Waals surface area contributed by atoms with Gasteiger partial charge in [0, 0.05) is 22.9 Å². The average Bonchev–Trinajstić information content (AvgIpc) is 3.41. The lowest BCUT2D eigenvalue weighted by molar-refractivity contribution is -0.0494. The van der Waals surface area contributed by atoms with Crippen molar-refractivity contribution in [3.8, 4) is 17.0 Å². The largest absolute Gasteiger partial charge is 0.434 e. The van der Waals surface area contributed by atoms with Gasteiger partial charge in [0.05, 0.1) is 23.8 Å². The van der Waals surface area contributed by atoms with Gasteiger partial charge in [-0.1, -0.05) is 19.9 Å². The molecular weight excluding hydrogens is 466 g/mol. The van der Waals surface area contributed by atoms with Crippen molar-refractivity contribution in [3.63, 3.8) is 0 Å². The Balaban J connectivity index is 1.66. The quantitative estimate of drug-likeness (QED) is 0.319. The average molecular weight is 488 g/mol. The van der Waals surface area contributed by atoms with Crippen LogP contribution in [-0.4, -0.2) is 45.3 Å². The highest BCUT2D eigenvalue weighted by molar-refractivity contribution is 8.25. The van der Waals surface area contributed by atoms with Crippen LogP contribution in [0.5, 0.6) is 5.75 Å². The molecule has 12 heteroatoms. The number of rotatable bonds is 9. The van der Waals surface area contributed by atoms with Crippen LogP contribution >= 0.6 is 11.2 Å². The molecule has 33 heavy (non-hydrogen) atoms. The van der Waals surface area contributed by atoms with E-state index in [1.807, 2.05) is 0 Å². The van der Waals surface area contributed by atoms with Gasteiger partial charge in [-0.2, -0.15) is 30.2 Å². The van der Waals surface area contributed by atoms with Crippen LogP contribution in [0.1, 0.15) is 23.7 Å². The summed E-state index contributed by atoms with van der Waals surface area (Å²) >= 11 is 1.74. The number of carbonyl (C=O) groups excluding carboxylic acids is 1. The number of anilines is 1. The van der Waals surface area contributed by atoms with Gasteiger partial charge in [-0.15, -0.1) is 0 Å². The first-order valence-corrected chi connectivity index (χ1v) is 13.9. The molecule has 8 nitrogen and oxygen atoms in total. The van der Waals surface area contributed by atoms with Gasteiger partial charge in [0.2, 0.25) is 0 Å². The van der Waals surface area contributed by atoms with Gasteiger partial charge in [0.15, 0.2) is 5.65 Å². The molecule has 0 fully saturated rings. The number of alkyl halides is 2. The first kappa shape index (κ1) is 22.9. The number of nitrogens with zero attached hydrogens (tertiary/aromatic N) is 4. The Morgan fingerprint density at radius 3 is 3.00 bits per heavy atom. The van der Waals surface area contributed by atoms with Crippen LogP contribution in [0.3, 0.4) is 0 Å². The molecule has 0 atom stereocenters. The van der Waals surface area contributed by atoms with Crippen LogP contribution in [0.15, 0.2) is 53.9 Å². The third kappa shape index (κ3) is 5.22. The van der Waals surface area contributed by atoms with Gasteiger partial charge >= 0.3 is 6.61 Å². The van der Waals surface area contributed by atoms with Crippen LogP contribution < -0.4 is 10.1 Å². The Labute approximate surface area is 194 Å². The van der Waals surface area contributed by atoms with E-state index < -0.39 is 20.5 Å². The summed E-state index contributed by atoms with van der Waals surface area (Å²) < 4.78 is 32.4. The second-order valence-electron chi connectivity index (χ2n) is 7.15. The lowest BCUT2D eigenvalue weighted by Gasteiger charge is -2.14. The van der Waals surface area contributed by atoms with E-state index >= 15 is 0 Å². The summed E-state index contributed by atoms with van der Waals surface area (Å²) in [6.07, 6.45) is 7.17. The van der Waals surface area contributed by atoms with Crippen molar-refractivity contribution < 1.29 is 18.3 Å². The number of benzene rings is 1. The fraction of sp³-hybridized carbons (Fsp3) is 0.238. The van der Waals surface area contributed by atoms with Gasteiger partial charge in [0.1, 0.15) is 19.3 Å². The van der Waals surface area contributed by atoms with E-state index in [-0.39, 0.29) is 11.3 Å². The monoisotopic (exact) mass is 487 g/mol. The van der Waals surface area contributed by atoms with E-state index in [0.29, 0.717) is 22.6 Å². The van der Waals surface area contributed by atoms with Crippen molar-refractivity contribution in [2.75, 3.05) is 5.32 Å². The fourth-order valence-electron chi connectivity index (χ4n) is 3.33. The maximum absolute atomic E-state index is 13.1. The van der Waals surface area contributed by atoms with Gasteiger partial charge in [-0.3, -0.25) is 9.89 Å². The number of hydrogen-bond donors (Lipinski definition) is 2. The smallest absolute Gasteiger partial charge is 0.387 e. The van der Waals surface area contributed by atoms with Gasteiger partial charge in [-0.25, -0.2) is 9.50 Å². The summed E-state index contributed by atoms with van der Waals surface area (Å²) in [5, 5.41) is 13.7. The zero-order valence-electron chi connectivity index (χ0n) is 17.9. The highest BCUT2D eigenvalue weighted by Crippen LogP contribution is 2.38. The van der Waals surface area contributed by atoms with Crippen LogP contribution in [0.4, 0.5) is 14.5 Å². The van der Waals surface area contributed by atoms with Crippen molar-refractivity contribution in [3.05, 3.63) is 54.6 Å². The lowest BCUT2D eigenvalue weighted by Crippen LogP contribution is -2.12. The van der Waals surface area contributed by atoms with Gasteiger partial charge in [-0.05, 0) is 30.3 Å². The normalized spacial score (nSPS) is 11.5. The molecule has 0 aliphatic carbocycles. The number of amides is 1. The zero-order valence-corrected chi connectivity index (χ0v) is 19.7. The molecule has 0 aliphatic heterocycles. The predicted molar refractivity (Wildman–Crippen MR) is 124 cm³/mol. The molecule has 4 aromatic rings. The second kappa shape index (κ2) is 10.1. The van der Waals surface area contributed by atoms with Crippen molar-refractivity contribution in [2.45, 2.75) is 37.4 Å². The molecule has 2 N–H and O–H groups in total. The predicted octanol–water partition coefficient (Wildman–Crippen LogP) is 5.10. The molecule has 1 aromatic carbocycles. The summed E-state index contributed by atoms with van der Waals surface area (Å²) in [4.78, 5) is 18.0. The number of carbonyl (C=O) groups is 1. The van der Waals surface area contributed by atoms with Crippen molar-refractivity contribution in [1.82, 2.24) is 24.8 Å².